The molecule has 2 amide bonds. The van der Waals surface area contributed by atoms with Gasteiger partial charge in [-0.15, -0.1) is 11.8 Å². The van der Waals surface area contributed by atoms with Crippen LogP contribution in [0.15, 0.2) is 53.4 Å². The molecule has 3 rings (SSSR count). The Bertz CT molecular complexity index is 774. The number of thioether (sulfide) groups is 1. The van der Waals surface area contributed by atoms with Gasteiger partial charge in [0, 0.05) is 30.5 Å². The maximum absolute atomic E-state index is 12.6. The van der Waals surface area contributed by atoms with Crippen LogP contribution >= 0.6 is 11.8 Å². The zero-order chi connectivity index (χ0) is 17.8. The van der Waals surface area contributed by atoms with E-state index < -0.39 is 6.04 Å². The van der Waals surface area contributed by atoms with Crippen molar-refractivity contribution in [3.05, 3.63) is 59.7 Å². The molecule has 0 saturated heterocycles. The molecule has 0 spiro atoms. The molecule has 2 aromatic rings. The van der Waals surface area contributed by atoms with Crippen molar-refractivity contribution in [2.24, 2.45) is 0 Å². The third-order valence-electron chi connectivity index (χ3n) is 4.49. The molecular formula is C20H22N2O2S. The van der Waals surface area contributed by atoms with Crippen molar-refractivity contribution in [2.75, 3.05) is 17.7 Å². The lowest BCUT2D eigenvalue weighted by Crippen LogP contribution is -2.47. The molecule has 130 valence electrons. The summed E-state index contributed by atoms with van der Waals surface area (Å²) >= 11 is 1.71. The Morgan fingerprint density at radius 3 is 2.56 bits per heavy atom. The molecule has 1 atom stereocenters. The van der Waals surface area contributed by atoms with Crippen LogP contribution in [0, 0.1) is 0 Å². The topological polar surface area (TPSA) is 49.4 Å². The van der Waals surface area contributed by atoms with E-state index >= 15 is 0 Å². The van der Waals surface area contributed by atoms with Crippen molar-refractivity contribution >= 4 is 29.3 Å². The van der Waals surface area contributed by atoms with Gasteiger partial charge in [0.05, 0.1) is 0 Å². The van der Waals surface area contributed by atoms with Crippen molar-refractivity contribution in [1.29, 1.82) is 0 Å². The van der Waals surface area contributed by atoms with Gasteiger partial charge in [0.1, 0.15) is 6.04 Å². The molecule has 4 nitrogen and oxygen atoms in total. The Morgan fingerprint density at radius 1 is 1.16 bits per heavy atom. The molecule has 25 heavy (non-hydrogen) atoms. The summed E-state index contributed by atoms with van der Waals surface area (Å²) in [6.07, 6.45) is 3.40. The smallest absolute Gasteiger partial charge is 0.243 e. The van der Waals surface area contributed by atoms with Crippen LogP contribution in [0.4, 0.5) is 5.69 Å². The number of hydrogen-bond donors (Lipinski definition) is 1. The summed E-state index contributed by atoms with van der Waals surface area (Å²) in [6, 6.07) is 15.6. The lowest BCUT2D eigenvalue weighted by molar-refractivity contribution is -0.125. The second-order valence-electron chi connectivity index (χ2n) is 6.13. The highest BCUT2D eigenvalue weighted by Crippen LogP contribution is 2.32. The van der Waals surface area contributed by atoms with Crippen LogP contribution in [0.1, 0.15) is 18.1 Å². The van der Waals surface area contributed by atoms with Gasteiger partial charge in [-0.1, -0.05) is 30.3 Å². The van der Waals surface area contributed by atoms with Gasteiger partial charge in [0.25, 0.3) is 0 Å². The number of fused-ring (bicyclic) bond motifs is 1. The van der Waals surface area contributed by atoms with Crippen molar-refractivity contribution in [3.63, 3.8) is 0 Å². The molecule has 1 heterocycles. The van der Waals surface area contributed by atoms with Crippen molar-refractivity contribution in [3.8, 4) is 0 Å². The first-order valence-electron chi connectivity index (χ1n) is 8.38. The summed E-state index contributed by atoms with van der Waals surface area (Å²) in [5.41, 5.74) is 3.09. The van der Waals surface area contributed by atoms with Crippen molar-refractivity contribution in [2.45, 2.75) is 30.7 Å². The molecule has 0 bridgehead atoms. The van der Waals surface area contributed by atoms with Gasteiger partial charge in [-0.3, -0.25) is 14.5 Å². The first-order valence-corrected chi connectivity index (χ1v) is 9.61. The molecule has 1 aliphatic heterocycles. The minimum atomic E-state index is -0.450. The summed E-state index contributed by atoms with van der Waals surface area (Å²) in [6.45, 7) is 2.08. The summed E-state index contributed by atoms with van der Waals surface area (Å²) in [5, 5.41) is 2.98. The Balaban J connectivity index is 1.60. The predicted octanol–water partition coefficient (Wildman–Crippen LogP) is 3.05. The fourth-order valence-corrected chi connectivity index (χ4v) is 3.63. The normalized spacial score (nSPS) is 15.8. The third kappa shape index (κ3) is 3.87. The Kier molecular flexibility index (Phi) is 5.43. The highest BCUT2D eigenvalue weighted by atomic mass is 32.2. The van der Waals surface area contributed by atoms with Gasteiger partial charge in [-0.05, 0) is 42.0 Å². The van der Waals surface area contributed by atoms with Gasteiger partial charge in [-0.25, -0.2) is 0 Å². The van der Waals surface area contributed by atoms with Crippen LogP contribution in [0.25, 0.3) is 0 Å². The molecule has 0 aromatic heterocycles. The van der Waals surface area contributed by atoms with Crippen molar-refractivity contribution < 1.29 is 9.59 Å². The third-order valence-corrected chi connectivity index (χ3v) is 5.23. The van der Waals surface area contributed by atoms with Crippen LogP contribution in [0.3, 0.4) is 0 Å². The summed E-state index contributed by atoms with van der Waals surface area (Å²) in [7, 11) is 0. The number of amides is 2. The molecule has 5 heteroatoms. The molecule has 0 radical (unpaired) electrons. The van der Waals surface area contributed by atoms with E-state index in [1.165, 1.54) is 17.4 Å². The zero-order valence-electron chi connectivity index (χ0n) is 14.5. The van der Waals surface area contributed by atoms with E-state index in [4.69, 9.17) is 0 Å². The van der Waals surface area contributed by atoms with Gasteiger partial charge in [0.15, 0.2) is 0 Å². The maximum atomic E-state index is 12.6. The molecule has 0 saturated carbocycles. The van der Waals surface area contributed by atoms with Gasteiger partial charge < -0.3 is 5.32 Å². The number of hydrogen-bond acceptors (Lipinski definition) is 3. The van der Waals surface area contributed by atoms with Crippen molar-refractivity contribution in [1.82, 2.24) is 5.32 Å². The fraction of sp³-hybridized carbons (Fsp3) is 0.300. The lowest BCUT2D eigenvalue weighted by Gasteiger charge is -2.23. The fourth-order valence-electron chi connectivity index (χ4n) is 3.23. The maximum Gasteiger partial charge on any atom is 0.243 e. The zero-order valence-corrected chi connectivity index (χ0v) is 15.3. The van der Waals surface area contributed by atoms with Gasteiger partial charge in [0.2, 0.25) is 11.8 Å². The minimum Gasteiger partial charge on any atom is -0.354 e. The molecule has 0 unspecified atom stereocenters. The quantitative estimate of drug-likeness (QED) is 0.840. The Labute approximate surface area is 152 Å². The highest BCUT2D eigenvalue weighted by Gasteiger charge is 2.36. The predicted molar refractivity (Wildman–Crippen MR) is 102 cm³/mol. The monoisotopic (exact) mass is 354 g/mol. The number of anilines is 1. The van der Waals surface area contributed by atoms with Crippen LogP contribution < -0.4 is 10.2 Å². The van der Waals surface area contributed by atoms with Crippen LogP contribution in [-0.2, 0) is 22.4 Å². The molecule has 1 N–H and O–H groups in total. The van der Waals surface area contributed by atoms with E-state index in [0.29, 0.717) is 13.0 Å². The number of nitrogens with one attached hydrogen (secondary N) is 1. The molecule has 0 aliphatic carbocycles. The molecule has 1 aliphatic rings. The van der Waals surface area contributed by atoms with E-state index in [2.05, 4.69) is 35.8 Å². The largest absolute Gasteiger partial charge is 0.354 e. The van der Waals surface area contributed by atoms with E-state index in [0.717, 1.165) is 17.7 Å². The molecule has 2 aromatic carbocycles. The minimum absolute atomic E-state index is 0.0906. The summed E-state index contributed by atoms with van der Waals surface area (Å²) in [4.78, 5) is 27.5. The van der Waals surface area contributed by atoms with Crippen LogP contribution in [-0.4, -0.2) is 30.7 Å². The number of benzene rings is 2. The van der Waals surface area contributed by atoms with E-state index in [1.54, 1.807) is 16.7 Å². The van der Waals surface area contributed by atoms with Crippen LogP contribution in [0.5, 0.6) is 0 Å². The molecule has 0 fully saturated rings. The number of rotatable bonds is 5. The average molecular weight is 354 g/mol. The van der Waals surface area contributed by atoms with Gasteiger partial charge in [-0.2, -0.15) is 0 Å². The summed E-state index contributed by atoms with van der Waals surface area (Å²) in [5.74, 6) is -0.190. The lowest BCUT2D eigenvalue weighted by atomic mass is 10.1. The number of para-hydroxylation sites is 1. The Morgan fingerprint density at radius 2 is 1.88 bits per heavy atom. The number of nitrogens with zero attached hydrogens (tertiary/aromatic N) is 1. The molecular weight excluding hydrogens is 332 g/mol. The standard InChI is InChI=1S/C20H22N2O2S/c1-14(23)22-18-6-4-3-5-16(18)13-19(22)20(24)21-12-11-15-7-9-17(25-2)10-8-15/h3-10,19H,11-13H2,1-2H3,(H,21,24)/t19-/m1/s1. The second-order valence-corrected chi connectivity index (χ2v) is 7.01. The van der Waals surface area contributed by atoms with E-state index in [9.17, 15) is 9.59 Å². The second kappa shape index (κ2) is 7.74. The van der Waals surface area contributed by atoms with E-state index in [1.807, 2.05) is 24.3 Å². The first kappa shape index (κ1) is 17.5. The highest BCUT2D eigenvalue weighted by molar-refractivity contribution is 7.98. The number of carbonyl (C=O) groups excluding carboxylic acids is 2. The van der Waals surface area contributed by atoms with Crippen LogP contribution in [0.2, 0.25) is 0 Å². The Hall–Kier alpha value is -2.27. The van der Waals surface area contributed by atoms with E-state index in [-0.39, 0.29) is 11.8 Å². The van der Waals surface area contributed by atoms with Gasteiger partial charge >= 0.3 is 0 Å². The number of carbonyl (C=O) groups is 2. The first-order chi connectivity index (χ1) is 12.1. The summed E-state index contributed by atoms with van der Waals surface area (Å²) < 4.78 is 0. The SMILES string of the molecule is CSc1ccc(CCNC(=O)[C@H]2Cc3ccccc3N2C(C)=O)cc1. The average Bonchev–Trinajstić information content (AvgIpc) is 3.02.